The van der Waals surface area contributed by atoms with E-state index in [2.05, 4.69) is 0 Å². The zero-order chi connectivity index (χ0) is 18.0. The van der Waals surface area contributed by atoms with Crippen molar-refractivity contribution in [2.75, 3.05) is 20.8 Å². The molecule has 3 rings (SSSR count). The molecule has 1 atom stereocenters. The highest BCUT2D eigenvalue weighted by atomic mass is 35.5. The summed E-state index contributed by atoms with van der Waals surface area (Å²) in [6, 6.07) is 9.42. The molecular formula is C19H19ClFNO3. The highest BCUT2D eigenvalue weighted by molar-refractivity contribution is 6.30. The quantitative estimate of drug-likeness (QED) is 0.804. The van der Waals surface area contributed by atoms with E-state index in [1.807, 2.05) is 18.2 Å². The number of benzene rings is 2. The van der Waals surface area contributed by atoms with Gasteiger partial charge in [0, 0.05) is 17.1 Å². The van der Waals surface area contributed by atoms with Crippen LogP contribution in [0.2, 0.25) is 5.02 Å². The Morgan fingerprint density at radius 2 is 2.00 bits per heavy atom. The van der Waals surface area contributed by atoms with Gasteiger partial charge >= 0.3 is 0 Å². The first kappa shape index (κ1) is 17.5. The third-order valence-corrected chi connectivity index (χ3v) is 4.71. The molecule has 25 heavy (non-hydrogen) atoms. The molecule has 1 unspecified atom stereocenters. The van der Waals surface area contributed by atoms with Crippen LogP contribution >= 0.6 is 11.6 Å². The number of hydrogen-bond donors (Lipinski definition) is 0. The number of nitrogens with zero attached hydrogens (tertiary/aromatic N) is 1. The second kappa shape index (κ2) is 7.31. The minimum atomic E-state index is -0.610. The molecule has 1 saturated heterocycles. The minimum absolute atomic E-state index is 0.0261. The van der Waals surface area contributed by atoms with E-state index < -0.39 is 5.82 Å². The highest BCUT2D eigenvalue weighted by Crippen LogP contribution is 2.39. The van der Waals surface area contributed by atoms with Gasteiger partial charge in [-0.25, -0.2) is 4.39 Å². The number of carbonyl (C=O) groups is 1. The van der Waals surface area contributed by atoms with Gasteiger partial charge in [-0.15, -0.1) is 0 Å². The van der Waals surface area contributed by atoms with E-state index in [9.17, 15) is 9.18 Å². The number of likely N-dealkylation sites (tertiary alicyclic amines) is 1. The van der Waals surface area contributed by atoms with Gasteiger partial charge in [0.25, 0.3) is 5.91 Å². The molecule has 0 bridgehead atoms. The van der Waals surface area contributed by atoms with Crippen molar-refractivity contribution in [3.63, 3.8) is 0 Å². The molecule has 0 spiro atoms. The van der Waals surface area contributed by atoms with Crippen LogP contribution in [0.1, 0.15) is 34.8 Å². The number of carbonyl (C=O) groups excluding carboxylic acids is 1. The predicted molar refractivity (Wildman–Crippen MR) is 94.0 cm³/mol. The van der Waals surface area contributed by atoms with Crippen LogP contribution in [0.25, 0.3) is 0 Å². The van der Waals surface area contributed by atoms with Crippen molar-refractivity contribution in [1.82, 2.24) is 4.90 Å². The normalized spacial score (nSPS) is 16.8. The molecule has 2 aromatic carbocycles. The number of ether oxygens (including phenoxy) is 2. The molecule has 1 amide bonds. The number of halogens is 2. The van der Waals surface area contributed by atoms with E-state index in [-0.39, 0.29) is 22.5 Å². The molecule has 132 valence electrons. The Morgan fingerprint density at radius 1 is 1.20 bits per heavy atom. The van der Waals surface area contributed by atoms with E-state index in [0.717, 1.165) is 24.5 Å². The summed E-state index contributed by atoms with van der Waals surface area (Å²) in [4.78, 5) is 14.6. The van der Waals surface area contributed by atoms with E-state index >= 15 is 0 Å². The Labute approximate surface area is 151 Å². The Morgan fingerprint density at radius 3 is 2.68 bits per heavy atom. The SMILES string of the molecule is COc1ccc(OC)c(C2CCCN2C(=O)c2ccc(Cl)cc2F)c1. The lowest BCUT2D eigenvalue weighted by molar-refractivity contribution is 0.0729. The molecular weight excluding hydrogens is 345 g/mol. The summed E-state index contributed by atoms with van der Waals surface area (Å²) in [5.74, 6) is 0.414. The molecule has 1 fully saturated rings. The third-order valence-electron chi connectivity index (χ3n) is 4.47. The number of hydrogen-bond acceptors (Lipinski definition) is 3. The van der Waals surface area contributed by atoms with Gasteiger partial charge in [0.1, 0.15) is 17.3 Å². The zero-order valence-electron chi connectivity index (χ0n) is 14.1. The topological polar surface area (TPSA) is 38.8 Å². The first-order chi connectivity index (χ1) is 12.0. The van der Waals surface area contributed by atoms with Crippen LogP contribution in [0.4, 0.5) is 4.39 Å². The van der Waals surface area contributed by atoms with Crippen molar-refractivity contribution in [2.45, 2.75) is 18.9 Å². The molecule has 1 aliphatic rings. The van der Waals surface area contributed by atoms with Crippen LogP contribution in [0, 0.1) is 5.82 Å². The van der Waals surface area contributed by atoms with Gasteiger partial charge in [0.05, 0.1) is 25.8 Å². The molecule has 1 aliphatic heterocycles. The molecule has 0 aliphatic carbocycles. The first-order valence-corrected chi connectivity index (χ1v) is 8.41. The predicted octanol–water partition coefficient (Wildman–Crippen LogP) is 4.47. The molecule has 0 radical (unpaired) electrons. The van der Waals surface area contributed by atoms with Gasteiger partial charge in [-0.1, -0.05) is 11.6 Å². The third kappa shape index (κ3) is 3.42. The van der Waals surface area contributed by atoms with E-state index in [1.165, 1.54) is 12.1 Å². The summed E-state index contributed by atoms with van der Waals surface area (Å²) in [6.07, 6.45) is 1.62. The zero-order valence-corrected chi connectivity index (χ0v) is 14.8. The minimum Gasteiger partial charge on any atom is -0.497 e. The smallest absolute Gasteiger partial charge is 0.257 e. The summed E-state index contributed by atoms with van der Waals surface area (Å²) in [5.41, 5.74) is 0.889. The average molecular weight is 364 g/mol. The fourth-order valence-electron chi connectivity index (χ4n) is 3.25. The molecule has 0 N–H and O–H groups in total. The lowest BCUT2D eigenvalue weighted by Gasteiger charge is -2.27. The van der Waals surface area contributed by atoms with Gasteiger partial charge in [-0.3, -0.25) is 4.79 Å². The molecule has 2 aromatic rings. The number of methoxy groups -OCH3 is 2. The van der Waals surface area contributed by atoms with E-state index in [4.69, 9.17) is 21.1 Å². The van der Waals surface area contributed by atoms with Crippen LogP contribution in [-0.4, -0.2) is 31.6 Å². The summed E-state index contributed by atoms with van der Waals surface area (Å²) in [5, 5.41) is 0.265. The monoisotopic (exact) mass is 363 g/mol. The van der Waals surface area contributed by atoms with Crippen molar-refractivity contribution in [3.8, 4) is 11.5 Å². The fourth-order valence-corrected chi connectivity index (χ4v) is 3.41. The second-order valence-electron chi connectivity index (χ2n) is 5.89. The maximum absolute atomic E-state index is 14.2. The maximum atomic E-state index is 14.2. The number of amides is 1. The molecule has 4 nitrogen and oxygen atoms in total. The number of rotatable bonds is 4. The van der Waals surface area contributed by atoms with Crippen LogP contribution < -0.4 is 9.47 Å². The lowest BCUT2D eigenvalue weighted by atomic mass is 10.0. The standard InChI is InChI=1S/C19H19ClFNO3/c1-24-13-6-8-18(25-2)15(11-13)17-4-3-9-22(17)19(23)14-7-5-12(20)10-16(14)21/h5-8,10-11,17H,3-4,9H2,1-2H3. The summed E-state index contributed by atoms with van der Waals surface area (Å²) < 4.78 is 24.9. The second-order valence-corrected chi connectivity index (χ2v) is 6.33. The Hall–Kier alpha value is -2.27. The molecule has 1 heterocycles. The summed E-state index contributed by atoms with van der Waals surface area (Å²) >= 11 is 5.78. The van der Waals surface area contributed by atoms with Crippen molar-refractivity contribution >= 4 is 17.5 Å². The van der Waals surface area contributed by atoms with Crippen LogP contribution in [0.15, 0.2) is 36.4 Å². The lowest BCUT2D eigenvalue weighted by Crippen LogP contribution is -2.31. The average Bonchev–Trinajstić information content (AvgIpc) is 3.10. The van der Waals surface area contributed by atoms with Crippen molar-refractivity contribution in [3.05, 3.63) is 58.4 Å². The summed E-state index contributed by atoms with van der Waals surface area (Å²) in [6.45, 7) is 0.561. The van der Waals surface area contributed by atoms with Gasteiger partial charge in [0.15, 0.2) is 0 Å². The first-order valence-electron chi connectivity index (χ1n) is 8.03. The van der Waals surface area contributed by atoms with Crippen LogP contribution in [0.5, 0.6) is 11.5 Å². The van der Waals surface area contributed by atoms with E-state index in [0.29, 0.717) is 18.0 Å². The largest absolute Gasteiger partial charge is 0.497 e. The van der Waals surface area contributed by atoms with Crippen molar-refractivity contribution < 1.29 is 18.7 Å². The van der Waals surface area contributed by atoms with Crippen molar-refractivity contribution in [2.24, 2.45) is 0 Å². The van der Waals surface area contributed by atoms with Gasteiger partial charge < -0.3 is 14.4 Å². The highest BCUT2D eigenvalue weighted by Gasteiger charge is 2.33. The molecule has 0 saturated carbocycles. The van der Waals surface area contributed by atoms with Crippen LogP contribution in [0.3, 0.4) is 0 Å². The van der Waals surface area contributed by atoms with Gasteiger partial charge in [0.2, 0.25) is 0 Å². The van der Waals surface area contributed by atoms with Crippen LogP contribution in [-0.2, 0) is 0 Å². The van der Waals surface area contributed by atoms with Gasteiger partial charge in [-0.2, -0.15) is 0 Å². The Bertz CT molecular complexity index is 796. The molecule has 0 aromatic heterocycles. The Kier molecular flexibility index (Phi) is 5.13. The fraction of sp³-hybridized carbons (Fsp3) is 0.316. The Balaban J connectivity index is 1.96. The summed E-state index contributed by atoms with van der Waals surface area (Å²) in [7, 11) is 3.18. The molecule has 6 heteroatoms. The van der Waals surface area contributed by atoms with Gasteiger partial charge in [-0.05, 0) is 49.2 Å². The maximum Gasteiger partial charge on any atom is 0.257 e. The van der Waals surface area contributed by atoms with Crippen molar-refractivity contribution in [1.29, 1.82) is 0 Å². The van der Waals surface area contributed by atoms with E-state index in [1.54, 1.807) is 19.1 Å².